The van der Waals surface area contributed by atoms with Crippen LogP contribution in [0.25, 0.3) is 0 Å². The summed E-state index contributed by atoms with van der Waals surface area (Å²) in [4.78, 5) is 0.387. The van der Waals surface area contributed by atoms with Gasteiger partial charge in [0.2, 0.25) is 0 Å². The molecular weight excluding hydrogens is 196 g/mol. The van der Waals surface area contributed by atoms with Crippen LogP contribution in [0, 0.1) is 0 Å². The molecule has 0 aliphatic carbocycles. The Labute approximate surface area is 88.3 Å². The van der Waals surface area contributed by atoms with Gasteiger partial charge >= 0.3 is 0 Å². The molecule has 0 radical (unpaired) electrons. The standard InChI is InChI=1S/C11H22O2S/c1-6-7-8-9-10(2)14(12,13)11(3,4)5/h2,6-9H2,1,3-5H3. The molecule has 3 heteroatoms. The highest BCUT2D eigenvalue weighted by Gasteiger charge is 2.30. The molecule has 14 heavy (non-hydrogen) atoms. The molecule has 0 fully saturated rings. The van der Waals surface area contributed by atoms with Crippen LogP contribution in [0.4, 0.5) is 0 Å². The first kappa shape index (κ1) is 13.7. The Morgan fingerprint density at radius 1 is 1.21 bits per heavy atom. The van der Waals surface area contributed by atoms with Gasteiger partial charge in [-0.1, -0.05) is 26.3 Å². The zero-order valence-corrected chi connectivity index (χ0v) is 10.6. The molecule has 0 saturated carbocycles. The van der Waals surface area contributed by atoms with Crippen LogP contribution in [0.15, 0.2) is 11.5 Å². The van der Waals surface area contributed by atoms with Gasteiger partial charge in [0, 0.05) is 4.91 Å². The third kappa shape index (κ3) is 3.45. The largest absolute Gasteiger partial charge is 0.224 e. The first-order valence-electron chi connectivity index (χ1n) is 5.16. The Morgan fingerprint density at radius 3 is 2.07 bits per heavy atom. The summed E-state index contributed by atoms with van der Waals surface area (Å²) in [6.07, 6.45) is 3.69. The quantitative estimate of drug-likeness (QED) is 0.664. The van der Waals surface area contributed by atoms with Crippen LogP contribution in [0.5, 0.6) is 0 Å². The normalized spacial score (nSPS) is 12.9. The maximum atomic E-state index is 11.8. The van der Waals surface area contributed by atoms with Crippen molar-refractivity contribution in [3.63, 3.8) is 0 Å². The van der Waals surface area contributed by atoms with Crippen molar-refractivity contribution in [3.05, 3.63) is 11.5 Å². The summed E-state index contributed by atoms with van der Waals surface area (Å²) >= 11 is 0. The molecule has 0 heterocycles. The van der Waals surface area contributed by atoms with Crippen molar-refractivity contribution in [3.8, 4) is 0 Å². The van der Waals surface area contributed by atoms with Gasteiger partial charge in [0.05, 0.1) is 4.75 Å². The Kier molecular flexibility index (Phi) is 4.85. The van der Waals surface area contributed by atoms with Crippen LogP contribution >= 0.6 is 0 Å². The number of hydrogen-bond acceptors (Lipinski definition) is 2. The lowest BCUT2D eigenvalue weighted by Gasteiger charge is -2.20. The van der Waals surface area contributed by atoms with Gasteiger partial charge in [-0.2, -0.15) is 0 Å². The second kappa shape index (κ2) is 4.96. The smallest absolute Gasteiger partial charge is 0.178 e. The fourth-order valence-electron chi connectivity index (χ4n) is 1.14. The number of rotatable bonds is 5. The summed E-state index contributed by atoms with van der Waals surface area (Å²) in [7, 11) is -3.15. The van der Waals surface area contributed by atoms with Crippen molar-refractivity contribution in [1.29, 1.82) is 0 Å². The number of sulfone groups is 1. The van der Waals surface area contributed by atoms with Crippen LogP contribution in [0.3, 0.4) is 0 Å². The van der Waals surface area contributed by atoms with Crippen LogP contribution in [0.2, 0.25) is 0 Å². The average molecular weight is 218 g/mol. The lowest BCUT2D eigenvalue weighted by Crippen LogP contribution is -2.28. The van der Waals surface area contributed by atoms with Gasteiger partial charge in [0.1, 0.15) is 0 Å². The Bertz CT molecular complexity index is 281. The molecule has 0 saturated heterocycles. The molecule has 0 aromatic carbocycles. The fraction of sp³-hybridized carbons (Fsp3) is 0.818. The molecule has 0 atom stereocenters. The van der Waals surface area contributed by atoms with Crippen molar-refractivity contribution < 1.29 is 8.42 Å². The fourth-order valence-corrected chi connectivity index (χ4v) is 2.42. The van der Waals surface area contributed by atoms with Gasteiger partial charge in [0.15, 0.2) is 9.84 Å². The van der Waals surface area contributed by atoms with E-state index in [-0.39, 0.29) is 0 Å². The summed E-state index contributed by atoms with van der Waals surface area (Å²) in [5.41, 5.74) is 0. The third-order valence-electron chi connectivity index (χ3n) is 2.25. The van der Waals surface area contributed by atoms with Crippen LogP contribution in [-0.2, 0) is 9.84 Å². The molecule has 84 valence electrons. The molecule has 0 amide bonds. The molecule has 0 N–H and O–H groups in total. The summed E-state index contributed by atoms with van der Waals surface area (Å²) in [6.45, 7) is 10.9. The zero-order chi connectivity index (χ0) is 11.4. The van der Waals surface area contributed by atoms with Crippen LogP contribution < -0.4 is 0 Å². The summed E-state index contributed by atoms with van der Waals surface area (Å²) in [6, 6.07) is 0. The second-order valence-corrected chi connectivity index (χ2v) is 7.42. The SMILES string of the molecule is C=C(CCCCC)S(=O)(=O)C(C)(C)C. The third-order valence-corrected chi connectivity index (χ3v) is 4.82. The predicted octanol–water partition coefficient (Wildman–Crippen LogP) is 3.29. The van der Waals surface area contributed by atoms with Gasteiger partial charge in [-0.25, -0.2) is 8.42 Å². The van der Waals surface area contributed by atoms with Crippen molar-refractivity contribution in [2.75, 3.05) is 0 Å². The molecular formula is C11H22O2S. The number of allylic oxidation sites excluding steroid dienone is 1. The van der Waals surface area contributed by atoms with E-state index in [4.69, 9.17) is 0 Å². The minimum atomic E-state index is -3.15. The van der Waals surface area contributed by atoms with Gasteiger partial charge in [-0.3, -0.25) is 0 Å². The molecule has 0 aliphatic rings. The molecule has 0 aromatic rings. The Balaban J connectivity index is 4.40. The van der Waals surface area contributed by atoms with Gasteiger partial charge in [-0.05, 0) is 33.6 Å². The molecule has 2 nitrogen and oxygen atoms in total. The number of unbranched alkanes of at least 4 members (excludes halogenated alkanes) is 2. The van der Waals surface area contributed by atoms with E-state index in [1.54, 1.807) is 20.8 Å². The van der Waals surface area contributed by atoms with Crippen LogP contribution in [0.1, 0.15) is 53.4 Å². The van der Waals surface area contributed by atoms with E-state index >= 15 is 0 Å². The first-order valence-corrected chi connectivity index (χ1v) is 6.64. The summed E-state index contributed by atoms with van der Waals surface area (Å²) in [5, 5.41) is 0. The molecule has 0 rings (SSSR count). The molecule has 0 spiro atoms. The summed E-state index contributed by atoms with van der Waals surface area (Å²) < 4.78 is 23.0. The highest BCUT2D eigenvalue weighted by Crippen LogP contribution is 2.25. The van der Waals surface area contributed by atoms with E-state index in [2.05, 4.69) is 13.5 Å². The van der Waals surface area contributed by atoms with Gasteiger partial charge in [-0.15, -0.1) is 0 Å². The second-order valence-electron chi connectivity index (χ2n) is 4.61. The minimum Gasteiger partial charge on any atom is -0.224 e. The van der Waals surface area contributed by atoms with Crippen molar-refractivity contribution in [2.45, 2.75) is 58.1 Å². The lowest BCUT2D eigenvalue weighted by molar-refractivity contribution is 0.563. The maximum absolute atomic E-state index is 11.8. The van der Waals surface area contributed by atoms with Crippen LogP contribution in [-0.4, -0.2) is 13.2 Å². The maximum Gasteiger partial charge on any atom is 0.178 e. The average Bonchev–Trinajstić information content (AvgIpc) is 2.02. The van der Waals surface area contributed by atoms with Crippen molar-refractivity contribution >= 4 is 9.84 Å². The molecule has 0 aliphatic heterocycles. The van der Waals surface area contributed by atoms with E-state index in [0.717, 1.165) is 19.3 Å². The Morgan fingerprint density at radius 2 is 1.71 bits per heavy atom. The monoisotopic (exact) mass is 218 g/mol. The first-order chi connectivity index (χ1) is 6.23. The lowest BCUT2D eigenvalue weighted by atomic mass is 10.2. The van der Waals surface area contributed by atoms with Crippen molar-refractivity contribution in [2.24, 2.45) is 0 Å². The van der Waals surface area contributed by atoms with E-state index in [9.17, 15) is 8.42 Å². The van der Waals surface area contributed by atoms with Gasteiger partial charge < -0.3 is 0 Å². The summed E-state index contributed by atoms with van der Waals surface area (Å²) in [5.74, 6) is 0. The van der Waals surface area contributed by atoms with Gasteiger partial charge in [0.25, 0.3) is 0 Å². The van der Waals surface area contributed by atoms with E-state index in [1.807, 2.05) is 0 Å². The number of hydrogen-bond donors (Lipinski definition) is 0. The van der Waals surface area contributed by atoms with E-state index < -0.39 is 14.6 Å². The molecule has 0 bridgehead atoms. The van der Waals surface area contributed by atoms with Crippen molar-refractivity contribution in [1.82, 2.24) is 0 Å². The molecule has 0 unspecified atom stereocenters. The van der Waals surface area contributed by atoms with E-state index in [0.29, 0.717) is 11.3 Å². The minimum absolute atomic E-state index is 0.387. The highest BCUT2D eigenvalue weighted by molar-refractivity contribution is 7.96. The topological polar surface area (TPSA) is 34.1 Å². The van der Waals surface area contributed by atoms with E-state index in [1.165, 1.54) is 0 Å². The predicted molar refractivity (Wildman–Crippen MR) is 62.0 cm³/mol. The molecule has 0 aromatic heterocycles. The Hall–Kier alpha value is -0.310. The zero-order valence-electron chi connectivity index (χ0n) is 9.76. The highest BCUT2D eigenvalue weighted by atomic mass is 32.2.